The number of carbonyl (C=O) groups is 1. The summed E-state index contributed by atoms with van der Waals surface area (Å²) >= 11 is 11.9. The average Bonchev–Trinajstić information content (AvgIpc) is 3.14. The highest BCUT2D eigenvalue weighted by atomic mass is 35.5. The molecule has 0 saturated carbocycles. The quantitative estimate of drug-likeness (QED) is 0.663. The Kier molecular flexibility index (Phi) is 6.15. The van der Waals surface area contributed by atoms with Crippen LogP contribution >= 0.6 is 23.2 Å². The molecule has 26 heavy (non-hydrogen) atoms. The van der Waals surface area contributed by atoms with Gasteiger partial charge in [0.2, 0.25) is 0 Å². The van der Waals surface area contributed by atoms with Crippen LogP contribution in [0.4, 0.5) is 4.79 Å². The number of rotatable bonds is 6. The maximum absolute atomic E-state index is 11.9. The van der Waals surface area contributed by atoms with Crippen molar-refractivity contribution in [2.45, 2.75) is 13.0 Å². The summed E-state index contributed by atoms with van der Waals surface area (Å²) in [5.41, 5.74) is 2.97. The van der Waals surface area contributed by atoms with Gasteiger partial charge < -0.3 is 10.6 Å². The lowest BCUT2D eigenvalue weighted by Crippen LogP contribution is -2.36. The van der Waals surface area contributed by atoms with E-state index in [4.69, 9.17) is 23.2 Å². The molecule has 1 aromatic heterocycles. The number of carbonyl (C=O) groups excluding carboxylic acids is 1. The van der Waals surface area contributed by atoms with Gasteiger partial charge in [-0.25, -0.2) is 9.48 Å². The lowest BCUT2D eigenvalue weighted by molar-refractivity contribution is 0.240. The van der Waals surface area contributed by atoms with Crippen molar-refractivity contribution in [3.63, 3.8) is 0 Å². The Balaban J connectivity index is 1.42. The Morgan fingerprint density at radius 3 is 2.38 bits per heavy atom. The number of urea groups is 1. The molecule has 0 aliphatic rings. The topological polar surface area (TPSA) is 59.0 Å². The van der Waals surface area contributed by atoms with Gasteiger partial charge in [0.1, 0.15) is 0 Å². The molecule has 2 aromatic carbocycles. The molecule has 0 atom stereocenters. The average molecular weight is 389 g/mol. The molecule has 1 heterocycles. The molecular weight excluding hydrogens is 371 g/mol. The third-order valence-corrected chi connectivity index (χ3v) is 4.22. The molecular formula is C19H18Cl2N4O. The van der Waals surface area contributed by atoms with Crippen molar-refractivity contribution in [3.05, 3.63) is 82.1 Å². The highest BCUT2D eigenvalue weighted by Gasteiger charge is 2.03. The lowest BCUT2D eigenvalue weighted by Gasteiger charge is -2.09. The van der Waals surface area contributed by atoms with E-state index in [1.54, 1.807) is 16.9 Å². The smallest absolute Gasteiger partial charge is 0.315 e. The van der Waals surface area contributed by atoms with Gasteiger partial charge in [-0.2, -0.15) is 5.10 Å². The third kappa shape index (κ3) is 5.25. The van der Waals surface area contributed by atoms with Crippen molar-refractivity contribution in [3.8, 4) is 5.69 Å². The van der Waals surface area contributed by atoms with Gasteiger partial charge >= 0.3 is 6.03 Å². The summed E-state index contributed by atoms with van der Waals surface area (Å²) in [5, 5.41) is 11.0. The second-order valence-corrected chi connectivity index (χ2v) is 6.63. The largest absolute Gasteiger partial charge is 0.338 e. The molecule has 5 nitrogen and oxygen atoms in total. The Labute approximate surface area is 161 Å². The van der Waals surface area contributed by atoms with E-state index in [2.05, 4.69) is 15.7 Å². The van der Waals surface area contributed by atoms with Gasteiger partial charge in [0.05, 0.1) is 5.69 Å². The number of nitrogens with zero attached hydrogens (tertiary/aromatic N) is 2. The fourth-order valence-electron chi connectivity index (χ4n) is 2.51. The van der Waals surface area contributed by atoms with Crippen LogP contribution in [0.1, 0.15) is 11.1 Å². The number of halogens is 2. The van der Waals surface area contributed by atoms with Crippen LogP contribution in [0.5, 0.6) is 0 Å². The number of amides is 2. The maximum Gasteiger partial charge on any atom is 0.315 e. The third-order valence-electron chi connectivity index (χ3n) is 3.78. The molecule has 0 unspecified atom stereocenters. The number of aromatic nitrogens is 2. The van der Waals surface area contributed by atoms with E-state index < -0.39 is 0 Å². The lowest BCUT2D eigenvalue weighted by atomic mass is 10.1. The van der Waals surface area contributed by atoms with Crippen molar-refractivity contribution in [2.75, 3.05) is 6.54 Å². The zero-order valence-corrected chi connectivity index (χ0v) is 15.5. The van der Waals surface area contributed by atoms with Gasteiger partial charge in [-0.15, -0.1) is 0 Å². The summed E-state index contributed by atoms with van der Waals surface area (Å²) < 4.78 is 1.78. The minimum atomic E-state index is -0.214. The Bertz CT molecular complexity index is 844. The Morgan fingerprint density at radius 1 is 1.00 bits per heavy atom. The van der Waals surface area contributed by atoms with Gasteiger partial charge in [-0.05, 0) is 53.9 Å². The van der Waals surface area contributed by atoms with Crippen LogP contribution in [0.15, 0.2) is 60.9 Å². The molecule has 0 fully saturated rings. The van der Waals surface area contributed by atoms with E-state index in [9.17, 15) is 4.79 Å². The number of hydrogen-bond acceptors (Lipinski definition) is 2. The standard InChI is InChI=1S/C19H18Cl2N4O/c20-16-10-15(11-17(21)12-16)6-8-22-19(26)23-13-14-2-4-18(5-3-14)25-9-1-7-24-25/h1-5,7,9-12H,6,8,13H2,(H2,22,23,26). The summed E-state index contributed by atoms with van der Waals surface area (Å²) in [6, 6.07) is 14.9. The molecule has 3 aromatic rings. The fourth-order valence-corrected chi connectivity index (χ4v) is 3.08. The Hall–Kier alpha value is -2.50. The zero-order chi connectivity index (χ0) is 18.4. The number of hydrogen-bond donors (Lipinski definition) is 2. The number of nitrogens with one attached hydrogen (secondary N) is 2. The minimum Gasteiger partial charge on any atom is -0.338 e. The minimum absolute atomic E-state index is 0.214. The summed E-state index contributed by atoms with van der Waals surface area (Å²) in [4.78, 5) is 11.9. The summed E-state index contributed by atoms with van der Waals surface area (Å²) in [6.07, 6.45) is 4.28. The van der Waals surface area contributed by atoms with E-state index in [0.29, 0.717) is 29.6 Å². The van der Waals surface area contributed by atoms with Crippen LogP contribution in [0.3, 0.4) is 0 Å². The van der Waals surface area contributed by atoms with Crippen molar-refractivity contribution < 1.29 is 4.79 Å². The maximum atomic E-state index is 11.9. The fraction of sp³-hybridized carbons (Fsp3) is 0.158. The van der Waals surface area contributed by atoms with E-state index in [1.807, 2.05) is 48.7 Å². The van der Waals surface area contributed by atoms with Gasteiger partial charge in [0, 0.05) is 35.5 Å². The summed E-state index contributed by atoms with van der Waals surface area (Å²) in [5.74, 6) is 0. The van der Waals surface area contributed by atoms with Crippen LogP contribution in [0.25, 0.3) is 5.69 Å². The van der Waals surface area contributed by atoms with Crippen LogP contribution in [0.2, 0.25) is 10.0 Å². The molecule has 3 rings (SSSR count). The van der Waals surface area contributed by atoms with E-state index in [0.717, 1.165) is 16.8 Å². The van der Waals surface area contributed by atoms with Crippen molar-refractivity contribution in [1.29, 1.82) is 0 Å². The van der Waals surface area contributed by atoms with Crippen molar-refractivity contribution >= 4 is 29.2 Å². The van der Waals surface area contributed by atoms with Crippen LogP contribution < -0.4 is 10.6 Å². The van der Waals surface area contributed by atoms with Crippen LogP contribution in [-0.2, 0) is 13.0 Å². The first kappa shape index (κ1) is 18.3. The predicted molar refractivity (Wildman–Crippen MR) is 104 cm³/mol. The second kappa shape index (κ2) is 8.74. The van der Waals surface area contributed by atoms with Gasteiger partial charge in [0.15, 0.2) is 0 Å². The van der Waals surface area contributed by atoms with Crippen molar-refractivity contribution in [2.24, 2.45) is 0 Å². The van der Waals surface area contributed by atoms with Gasteiger partial charge in [-0.1, -0.05) is 35.3 Å². The van der Waals surface area contributed by atoms with E-state index in [1.165, 1.54) is 0 Å². The SMILES string of the molecule is O=C(NCCc1cc(Cl)cc(Cl)c1)NCc1ccc(-n2cccn2)cc1. The van der Waals surface area contributed by atoms with Crippen molar-refractivity contribution in [1.82, 2.24) is 20.4 Å². The predicted octanol–water partition coefficient (Wildman–Crippen LogP) is 4.22. The molecule has 2 N–H and O–H groups in total. The van der Waals surface area contributed by atoms with E-state index >= 15 is 0 Å². The molecule has 134 valence electrons. The summed E-state index contributed by atoms with van der Waals surface area (Å²) in [7, 11) is 0. The molecule has 7 heteroatoms. The highest BCUT2D eigenvalue weighted by Crippen LogP contribution is 2.19. The molecule has 0 spiro atoms. The molecule has 2 amide bonds. The van der Waals surface area contributed by atoms with Crippen LogP contribution in [-0.4, -0.2) is 22.4 Å². The Morgan fingerprint density at radius 2 is 1.73 bits per heavy atom. The van der Waals surface area contributed by atoms with Gasteiger partial charge in [-0.3, -0.25) is 0 Å². The molecule has 0 aliphatic heterocycles. The highest BCUT2D eigenvalue weighted by molar-refractivity contribution is 6.34. The molecule has 0 saturated heterocycles. The normalized spacial score (nSPS) is 10.5. The second-order valence-electron chi connectivity index (χ2n) is 5.75. The molecule has 0 aliphatic carbocycles. The summed E-state index contributed by atoms with van der Waals surface area (Å²) in [6.45, 7) is 0.953. The molecule has 0 radical (unpaired) electrons. The monoisotopic (exact) mass is 388 g/mol. The zero-order valence-electron chi connectivity index (χ0n) is 14.0. The van der Waals surface area contributed by atoms with E-state index in [-0.39, 0.29) is 6.03 Å². The van der Waals surface area contributed by atoms with Gasteiger partial charge in [0.25, 0.3) is 0 Å². The first-order chi connectivity index (χ1) is 12.6. The number of benzene rings is 2. The first-order valence-corrected chi connectivity index (χ1v) is 8.91. The molecule has 0 bridgehead atoms. The first-order valence-electron chi connectivity index (χ1n) is 8.16. The van der Waals surface area contributed by atoms with Crippen LogP contribution in [0, 0.1) is 0 Å².